The lowest BCUT2D eigenvalue weighted by atomic mass is 10.2. The largest absolute Gasteiger partial charge is 0.489 e. The van der Waals surface area contributed by atoms with Crippen molar-refractivity contribution in [1.82, 2.24) is 19.6 Å². The summed E-state index contributed by atoms with van der Waals surface area (Å²) in [7, 11) is 0. The second kappa shape index (κ2) is 8.60. The van der Waals surface area contributed by atoms with Crippen molar-refractivity contribution >= 4 is 11.7 Å². The first-order chi connectivity index (χ1) is 14.2. The average molecular weight is 389 g/mol. The third-order valence-corrected chi connectivity index (χ3v) is 4.53. The molecule has 0 spiro atoms. The van der Waals surface area contributed by atoms with Crippen LogP contribution in [0.4, 0.5) is 5.95 Å². The number of nitrogens with zero attached hydrogens (tertiary/aromatic N) is 3. The van der Waals surface area contributed by atoms with Crippen LogP contribution >= 0.6 is 0 Å². The summed E-state index contributed by atoms with van der Waals surface area (Å²) in [5.74, 6) is 1.68. The van der Waals surface area contributed by atoms with E-state index in [-0.39, 0.29) is 5.56 Å². The molecule has 0 aliphatic rings. The minimum absolute atomic E-state index is 0.178. The maximum Gasteiger partial charge on any atom is 0.275 e. The fraction of sp³-hybridized carbons (Fsp3) is 0.227. The molecule has 4 rings (SSSR count). The van der Waals surface area contributed by atoms with Crippen molar-refractivity contribution in [3.63, 3.8) is 0 Å². The van der Waals surface area contributed by atoms with Gasteiger partial charge in [0.15, 0.2) is 0 Å². The number of aromatic amines is 1. The van der Waals surface area contributed by atoms with E-state index >= 15 is 0 Å². The topological polar surface area (TPSA) is 84.3 Å². The second-order valence-electron chi connectivity index (χ2n) is 6.83. The Kier molecular flexibility index (Phi) is 5.56. The SMILES string of the molecule is CCCc1cc(=O)n2nc(NCc3ccc(OCc4ccccc4)cc3)nc2[nH]1. The van der Waals surface area contributed by atoms with Crippen molar-refractivity contribution in [2.45, 2.75) is 32.9 Å². The summed E-state index contributed by atoms with van der Waals surface area (Å²) in [4.78, 5) is 19.7. The zero-order valence-electron chi connectivity index (χ0n) is 16.3. The van der Waals surface area contributed by atoms with Crippen LogP contribution in [-0.2, 0) is 19.6 Å². The zero-order chi connectivity index (χ0) is 20.1. The minimum atomic E-state index is -0.178. The molecule has 0 radical (unpaired) electrons. The Hall–Kier alpha value is -3.61. The van der Waals surface area contributed by atoms with Crippen molar-refractivity contribution in [3.8, 4) is 5.75 Å². The summed E-state index contributed by atoms with van der Waals surface area (Å²) < 4.78 is 7.09. The molecule has 7 nitrogen and oxygen atoms in total. The standard InChI is InChI=1S/C22H23N5O2/c1-2-6-18-13-20(28)27-22(24-18)25-21(26-27)23-14-16-9-11-19(12-10-16)29-15-17-7-4-3-5-8-17/h3-5,7-13H,2,6,14-15H2,1H3,(H2,23,24,25,26). The van der Waals surface area contributed by atoms with Gasteiger partial charge in [-0.3, -0.25) is 4.79 Å². The summed E-state index contributed by atoms with van der Waals surface area (Å²) in [5, 5.41) is 7.40. The summed E-state index contributed by atoms with van der Waals surface area (Å²) in [6.45, 7) is 3.15. The van der Waals surface area contributed by atoms with Crippen LogP contribution in [0.2, 0.25) is 0 Å². The number of benzene rings is 2. The van der Waals surface area contributed by atoms with Crippen LogP contribution in [0.3, 0.4) is 0 Å². The van der Waals surface area contributed by atoms with Crippen LogP contribution in [0.25, 0.3) is 5.78 Å². The van der Waals surface area contributed by atoms with Gasteiger partial charge in [-0.1, -0.05) is 55.8 Å². The molecule has 0 aliphatic heterocycles. The van der Waals surface area contributed by atoms with Crippen molar-refractivity contribution in [3.05, 3.63) is 87.8 Å². The maximum atomic E-state index is 12.2. The van der Waals surface area contributed by atoms with Gasteiger partial charge in [0, 0.05) is 18.3 Å². The zero-order valence-corrected chi connectivity index (χ0v) is 16.3. The molecule has 7 heteroatoms. The number of hydrogen-bond acceptors (Lipinski definition) is 5. The number of fused-ring (bicyclic) bond motifs is 1. The quantitative estimate of drug-likeness (QED) is 0.481. The van der Waals surface area contributed by atoms with Crippen LogP contribution < -0.4 is 15.6 Å². The fourth-order valence-electron chi connectivity index (χ4n) is 3.04. The molecule has 2 heterocycles. The molecule has 148 valence electrons. The molecule has 0 saturated heterocycles. The number of hydrogen-bond donors (Lipinski definition) is 2. The van der Waals surface area contributed by atoms with Gasteiger partial charge in [-0.15, -0.1) is 5.10 Å². The van der Waals surface area contributed by atoms with Crippen LogP contribution in [0.1, 0.15) is 30.2 Å². The normalized spacial score (nSPS) is 10.9. The van der Waals surface area contributed by atoms with E-state index in [0.717, 1.165) is 35.4 Å². The van der Waals surface area contributed by atoms with Gasteiger partial charge in [0.25, 0.3) is 5.56 Å². The van der Waals surface area contributed by atoms with Gasteiger partial charge >= 0.3 is 0 Å². The second-order valence-corrected chi connectivity index (χ2v) is 6.83. The Bertz CT molecular complexity index is 1130. The summed E-state index contributed by atoms with van der Waals surface area (Å²) in [5.41, 5.74) is 2.89. The predicted octanol–water partition coefficient (Wildman–Crippen LogP) is 3.56. The number of H-pyrrole nitrogens is 1. The third kappa shape index (κ3) is 4.63. The molecule has 4 aromatic rings. The highest BCUT2D eigenvalue weighted by atomic mass is 16.5. The van der Waals surface area contributed by atoms with E-state index in [1.54, 1.807) is 6.07 Å². The van der Waals surface area contributed by atoms with Gasteiger partial charge in [-0.05, 0) is 29.7 Å². The van der Waals surface area contributed by atoms with Crippen molar-refractivity contribution in [1.29, 1.82) is 0 Å². The maximum absolute atomic E-state index is 12.2. The first-order valence-corrected chi connectivity index (χ1v) is 9.70. The number of rotatable bonds is 8. The van der Waals surface area contributed by atoms with Gasteiger partial charge in [0.1, 0.15) is 12.4 Å². The lowest BCUT2D eigenvalue weighted by Crippen LogP contribution is -2.15. The molecule has 2 aromatic heterocycles. The van der Waals surface area contributed by atoms with Crippen molar-refractivity contribution in [2.75, 3.05) is 5.32 Å². The molecule has 29 heavy (non-hydrogen) atoms. The van der Waals surface area contributed by atoms with E-state index in [0.29, 0.717) is 24.9 Å². The van der Waals surface area contributed by atoms with Gasteiger partial charge < -0.3 is 15.0 Å². The van der Waals surface area contributed by atoms with Gasteiger partial charge in [-0.25, -0.2) is 0 Å². The molecule has 0 aliphatic carbocycles. The molecule has 2 N–H and O–H groups in total. The highest BCUT2D eigenvalue weighted by molar-refractivity contribution is 5.38. The third-order valence-electron chi connectivity index (χ3n) is 4.53. The molecule has 0 fully saturated rings. The van der Waals surface area contributed by atoms with Crippen LogP contribution in [0, 0.1) is 0 Å². The van der Waals surface area contributed by atoms with Crippen LogP contribution in [0.5, 0.6) is 5.75 Å². The molecule has 0 bridgehead atoms. The lowest BCUT2D eigenvalue weighted by Gasteiger charge is -2.07. The van der Waals surface area contributed by atoms with E-state index in [2.05, 4.69) is 27.3 Å². The number of aryl methyl sites for hydroxylation is 1. The van der Waals surface area contributed by atoms with Crippen LogP contribution in [0.15, 0.2) is 65.5 Å². The number of anilines is 1. The highest BCUT2D eigenvalue weighted by Gasteiger charge is 2.08. The number of nitrogens with one attached hydrogen (secondary N) is 2. The molecule has 2 aromatic carbocycles. The smallest absolute Gasteiger partial charge is 0.275 e. The number of aromatic nitrogens is 4. The van der Waals surface area contributed by atoms with E-state index in [1.165, 1.54) is 4.52 Å². The summed E-state index contributed by atoms with van der Waals surface area (Å²) >= 11 is 0. The molecule has 0 atom stereocenters. The number of ether oxygens (including phenoxy) is 1. The van der Waals surface area contributed by atoms with Gasteiger partial charge in [-0.2, -0.15) is 9.50 Å². The summed E-state index contributed by atoms with van der Waals surface area (Å²) in [6, 6.07) is 19.5. The Morgan fingerprint density at radius 2 is 1.86 bits per heavy atom. The van der Waals surface area contributed by atoms with Crippen LogP contribution in [-0.4, -0.2) is 19.6 Å². The average Bonchev–Trinajstić information content (AvgIpc) is 3.16. The fourth-order valence-corrected chi connectivity index (χ4v) is 3.04. The monoisotopic (exact) mass is 389 g/mol. The van der Waals surface area contributed by atoms with E-state index in [4.69, 9.17) is 4.74 Å². The van der Waals surface area contributed by atoms with Gasteiger partial charge in [0.05, 0.1) is 0 Å². The molecule has 0 saturated carbocycles. The van der Waals surface area contributed by atoms with E-state index < -0.39 is 0 Å². The van der Waals surface area contributed by atoms with Crippen molar-refractivity contribution < 1.29 is 4.74 Å². The Labute approximate surface area is 168 Å². The van der Waals surface area contributed by atoms with Gasteiger partial charge in [0.2, 0.25) is 11.7 Å². The Morgan fingerprint density at radius 3 is 2.62 bits per heavy atom. The Morgan fingerprint density at radius 1 is 1.07 bits per heavy atom. The first-order valence-electron chi connectivity index (χ1n) is 9.70. The Balaban J connectivity index is 1.37. The van der Waals surface area contributed by atoms with Crippen molar-refractivity contribution in [2.24, 2.45) is 0 Å². The molecular formula is C22H23N5O2. The lowest BCUT2D eigenvalue weighted by molar-refractivity contribution is 0.306. The highest BCUT2D eigenvalue weighted by Crippen LogP contribution is 2.15. The van der Waals surface area contributed by atoms with E-state index in [1.807, 2.05) is 54.6 Å². The first kappa shape index (κ1) is 18.7. The molecule has 0 amide bonds. The predicted molar refractivity (Wildman–Crippen MR) is 112 cm³/mol. The molecular weight excluding hydrogens is 366 g/mol. The minimum Gasteiger partial charge on any atom is -0.489 e. The summed E-state index contributed by atoms with van der Waals surface area (Å²) in [6.07, 6.45) is 1.76. The molecule has 0 unspecified atom stereocenters. The van der Waals surface area contributed by atoms with E-state index in [9.17, 15) is 4.79 Å².